The summed E-state index contributed by atoms with van der Waals surface area (Å²) in [5.41, 5.74) is 3.75. The molecule has 47 heavy (non-hydrogen) atoms. The Balaban J connectivity index is 1.55. The highest BCUT2D eigenvalue weighted by atomic mass is 32.2. The van der Waals surface area contributed by atoms with E-state index in [4.69, 9.17) is 30.1 Å². The number of ether oxygens (including phenoxy) is 4. The van der Waals surface area contributed by atoms with Crippen molar-refractivity contribution in [3.63, 3.8) is 0 Å². The number of hydrogen-bond acceptors (Lipinski definition) is 11. The van der Waals surface area contributed by atoms with E-state index in [1.807, 2.05) is 19.1 Å². The maximum Gasteiger partial charge on any atom is 0.264 e. The van der Waals surface area contributed by atoms with Crippen LogP contribution in [0.25, 0.3) is 4.85 Å². The molecule has 1 heterocycles. The van der Waals surface area contributed by atoms with Gasteiger partial charge in [0.15, 0.2) is 0 Å². The van der Waals surface area contributed by atoms with E-state index < -0.39 is 10.1 Å². The zero-order valence-corrected chi connectivity index (χ0v) is 29.9. The number of aryl methyl sites for hydroxylation is 1. The van der Waals surface area contributed by atoms with E-state index in [0.717, 1.165) is 48.3 Å². The molecule has 1 aromatic heterocycles. The van der Waals surface area contributed by atoms with Gasteiger partial charge < -0.3 is 28.3 Å². The van der Waals surface area contributed by atoms with E-state index in [1.54, 1.807) is 6.92 Å². The zero-order chi connectivity index (χ0) is 34.7. The lowest BCUT2D eigenvalue weighted by Gasteiger charge is -2.29. The van der Waals surface area contributed by atoms with Crippen molar-refractivity contribution in [2.45, 2.75) is 33.6 Å². The topological polar surface area (TPSA) is 147 Å². The lowest BCUT2D eigenvalue weighted by Crippen LogP contribution is -2.43. The maximum absolute atomic E-state index is 10.8. The van der Waals surface area contributed by atoms with Crippen molar-refractivity contribution in [3.05, 3.63) is 45.6 Å². The minimum Gasteiger partial charge on any atom is -0.377 e. The second-order valence-corrected chi connectivity index (χ2v) is 14.1. The molecular weight excluding hydrogens is 645 g/mol. The molecule has 0 fully saturated rings. The fourth-order valence-electron chi connectivity index (χ4n) is 4.50. The van der Waals surface area contributed by atoms with Crippen molar-refractivity contribution >= 4 is 43.5 Å². The van der Waals surface area contributed by atoms with Crippen LogP contribution in [0.5, 0.6) is 0 Å². The second-order valence-electron chi connectivity index (χ2n) is 11.5. The molecule has 0 amide bonds. The van der Waals surface area contributed by atoms with Gasteiger partial charge in [-0.3, -0.25) is 4.55 Å². The van der Waals surface area contributed by atoms with Crippen molar-refractivity contribution in [2.24, 2.45) is 10.2 Å². The van der Waals surface area contributed by atoms with Crippen LogP contribution in [-0.4, -0.2) is 116 Å². The summed E-state index contributed by atoms with van der Waals surface area (Å²) in [7, 11) is 0.255. The molecule has 1 N–H and O–H groups in total. The Morgan fingerprint density at radius 2 is 1.60 bits per heavy atom. The van der Waals surface area contributed by atoms with Crippen LogP contribution in [0.4, 0.5) is 22.1 Å². The minimum absolute atomic E-state index is 0.194. The molecule has 15 heteroatoms. The molecule has 0 aliphatic heterocycles. The van der Waals surface area contributed by atoms with Gasteiger partial charge in [0.2, 0.25) is 5.69 Å². The summed E-state index contributed by atoms with van der Waals surface area (Å²) in [6.07, 6.45) is 1.17. The highest BCUT2D eigenvalue weighted by molar-refractivity contribution is 7.85. The van der Waals surface area contributed by atoms with Crippen LogP contribution in [-0.2, 0) is 29.1 Å². The third kappa shape index (κ3) is 15.6. The quantitative estimate of drug-likeness (QED) is 0.0471. The van der Waals surface area contributed by atoms with Gasteiger partial charge in [-0.05, 0) is 62.9 Å². The van der Waals surface area contributed by atoms with Crippen molar-refractivity contribution < 1.29 is 36.4 Å². The van der Waals surface area contributed by atoms with E-state index >= 15 is 0 Å². The van der Waals surface area contributed by atoms with E-state index in [-0.39, 0.29) is 5.75 Å². The first-order chi connectivity index (χ1) is 22.4. The molecule has 0 saturated heterocycles. The van der Waals surface area contributed by atoms with Crippen molar-refractivity contribution in [2.75, 3.05) is 104 Å². The van der Waals surface area contributed by atoms with Crippen LogP contribution < -0.4 is 4.90 Å². The lowest BCUT2D eigenvalue weighted by atomic mass is 10.1. The van der Waals surface area contributed by atoms with Crippen molar-refractivity contribution in [1.82, 2.24) is 0 Å². The first-order valence-corrected chi connectivity index (χ1v) is 18.1. The van der Waals surface area contributed by atoms with Gasteiger partial charge in [0.05, 0.1) is 96.4 Å². The van der Waals surface area contributed by atoms with Gasteiger partial charge in [0, 0.05) is 18.8 Å². The Labute approximate surface area is 283 Å². The average molecular weight is 694 g/mol. The minimum atomic E-state index is -3.88. The molecular formula is C32H49N6O7S2+. The van der Waals surface area contributed by atoms with Crippen LogP contribution in [0.3, 0.4) is 0 Å². The number of unbranched alkanes of at least 4 members (excludes halogenated alkanes) is 1. The first kappa shape index (κ1) is 40.2. The number of benzene rings is 1. The van der Waals surface area contributed by atoms with Crippen LogP contribution in [0.15, 0.2) is 28.4 Å². The fourth-order valence-corrected chi connectivity index (χ4v) is 5.93. The summed E-state index contributed by atoms with van der Waals surface area (Å²) in [4.78, 5) is 6.22. The summed E-state index contributed by atoms with van der Waals surface area (Å²) >= 11 is 1.18. The molecule has 2 rings (SSSR count). The normalized spacial score (nSPS) is 12.0. The molecule has 0 aliphatic rings. The molecule has 0 bridgehead atoms. The lowest BCUT2D eigenvalue weighted by molar-refractivity contribution is -0.890. The molecule has 0 radical (unpaired) electrons. The highest BCUT2D eigenvalue weighted by Crippen LogP contribution is 2.42. The predicted octanol–water partition coefficient (Wildman–Crippen LogP) is 5.84. The van der Waals surface area contributed by atoms with Gasteiger partial charge in [-0.25, -0.2) is 4.85 Å². The molecule has 0 atom stereocenters. The molecule has 2 aromatic rings. The zero-order valence-electron chi connectivity index (χ0n) is 28.2. The number of nitriles is 1. The number of nitrogens with zero attached hydrogens (tertiary/aromatic N) is 6. The van der Waals surface area contributed by atoms with Gasteiger partial charge in [0.1, 0.15) is 17.6 Å². The van der Waals surface area contributed by atoms with Crippen LogP contribution in [0.1, 0.15) is 35.8 Å². The van der Waals surface area contributed by atoms with Crippen molar-refractivity contribution in [3.8, 4) is 6.07 Å². The Morgan fingerprint density at radius 3 is 2.15 bits per heavy atom. The SMILES string of the molecule is [C-]#[N+]c1c(/N=N/c2ccc(N(CC)CCOCCOCCOCCOCC[N+](C)(C)CCCCS(=O)(=O)O)cc2C)sc(C#N)c1C. The molecule has 0 saturated carbocycles. The maximum atomic E-state index is 10.8. The fraction of sp³-hybridized carbons (Fsp3) is 0.625. The largest absolute Gasteiger partial charge is 0.377 e. The van der Waals surface area contributed by atoms with Gasteiger partial charge >= 0.3 is 0 Å². The van der Waals surface area contributed by atoms with Gasteiger partial charge in [-0.15, -0.1) is 11.3 Å². The Kier molecular flexibility index (Phi) is 18.0. The number of hydrogen-bond donors (Lipinski definition) is 1. The molecule has 0 spiro atoms. The highest BCUT2D eigenvalue weighted by Gasteiger charge is 2.16. The number of thiophene rings is 1. The predicted molar refractivity (Wildman–Crippen MR) is 184 cm³/mol. The molecule has 0 aliphatic carbocycles. The number of anilines is 1. The third-order valence-electron chi connectivity index (χ3n) is 7.36. The smallest absolute Gasteiger partial charge is 0.264 e. The molecule has 260 valence electrons. The van der Waals surface area contributed by atoms with Gasteiger partial charge in [-0.1, -0.05) is 0 Å². The Morgan fingerprint density at radius 1 is 0.979 bits per heavy atom. The average Bonchev–Trinajstić information content (AvgIpc) is 3.34. The van der Waals surface area contributed by atoms with E-state index in [2.05, 4.69) is 53.1 Å². The standard InChI is InChI=1S/C32H48N6O7S2/c1-7-37(28-10-11-29(26(2)24-28)35-36-32-31(34-4)27(3)30(25-33)46-32)12-15-42-17-19-44-21-22-45-20-18-43-16-14-38(5,6)13-8-9-23-47(39,40)41/h10-11,24H,7-9,12-23H2,1-3,5-6H3/p+1/b36-35+. The van der Waals surface area contributed by atoms with Crippen LogP contribution >= 0.6 is 11.3 Å². The van der Waals surface area contributed by atoms with Crippen molar-refractivity contribution in [1.29, 1.82) is 5.26 Å². The number of likely N-dealkylation sites (N-methyl/N-ethyl adjacent to an activating group) is 2. The number of azo groups is 1. The van der Waals surface area contributed by atoms with Gasteiger partial charge in [0.25, 0.3) is 10.1 Å². The summed E-state index contributed by atoms with van der Waals surface area (Å²) in [6, 6.07) is 8.07. The number of rotatable bonds is 24. The van der Waals surface area contributed by atoms with Gasteiger partial charge in [-0.2, -0.15) is 23.9 Å². The number of quaternary nitrogens is 1. The molecule has 13 nitrogen and oxygen atoms in total. The third-order valence-corrected chi connectivity index (χ3v) is 9.24. The van der Waals surface area contributed by atoms with Crippen LogP contribution in [0.2, 0.25) is 0 Å². The Bertz CT molecular complexity index is 1470. The molecule has 0 unspecified atom stereocenters. The van der Waals surface area contributed by atoms with Crippen LogP contribution in [0, 0.1) is 31.8 Å². The second kappa shape index (κ2) is 21.1. The monoisotopic (exact) mass is 693 g/mol. The molecule has 1 aromatic carbocycles. The summed E-state index contributed by atoms with van der Waals surface area (Å²) in [5.74, 6) is -0.194. The Hall–Kier alpha value is -2.99. The van der Waals surface area contributed by atoms with E-state index in [0.29, 0.717) is 86.1 Å². The summed E-state index contributed by atoms with van der Waals surface area (Å²) in [6.45, 7) is 20.4. The summed E-state index contributed by atoms with van der Waals surface area (Å²) in [5, 5.41) is 18.3. The van der Waals surface area contributed by atoms with E-state index in [1.165, 1.54) is 11.3 Å². The summed E-state index contributed by atoms with van der Waals surface area (Å²) < 4.78 is 53.7. The van der Waals surface area contributed by atoms with E-state index in [9.17, 15) is 13.7 Å². The first-order valence-electron chi connectivity index (χ1n) is 15.7.